The van der Waals surface area contributed by atoms with Crippen LogP contribution in [0.4, 0.5) is 0 Å². The molecule has 128 valence electrons. The third-order valence-electron chi connectivity index (χ3n) is 3.68. The molecule has 0 aliphatic carbocycles. The summed E-state index contributed by atoms with van der Waals surface area (Å²) in [5.74, 6) is 0.667. The number of aliphatic hydroxyl groups is 1. The number of aliphatic imine (C=N–C) groups is 1. The fourth-order valence-electron chi connectivity index (χ4n) is 2.37. The number of benzene rings is 2. The molecule has 2 rings (SSSR count). The number of nitrogens with zero attached hydrogens (tertiary/aromatic N) is 1. The van der Waals surface area contributed by atoms with E-state index in [0.29, 0.717) is 16.5 Å². The van der Waals surface area contributed by atoms with Gasteiger partial charge in [-0.25, -0.2) is 0 Å². The summed E-state index contributed by atoms with van der Waals surface area (Å²) in [5, 5.41) is 17.4. The second-order valence-electron chi connectivity index (χ2n) is 5.53. The molecule has 2 aromatic carbocycles. The highest BCUT2D eigenvalue weighted by atomic mass is 35.5. The molecule has 0 aromatic heterocycles. The van der Waals surface area contributed by atoms with Gasteiger partial charge in [0.15, 0.2) is 5.96 Å². The molecule has 0 saturated heterocycles. The molecule has 4 nitrogen and oxygen atoms in total. The van der Waals surface area contributed by atoms with E-state index in [0.717, 1.165) is 6.54 Å². The van der Waals surface area contributed by atoms with Crippen LogP contribution in [0, 0.1) is 0 Å². The van der Waals surface area contributed by atoms with E-state index >= 15 is 0 Å². The molecule has 3 N–H and O–H groups in total. The predicted octanol–water partition coefficient (Wildman–Crippen LogP) is 3.69. The molecule has 2 unspecified atom stereocenters. The molecule has 0 fully saturated rings. The van der Waals surface area contributed by atoms with Gasteiger partial charge in [0.05, 0.1) is 12.6 Å². The maximum atomic E-state index is 10.3. The lowest BCUT2D eigenvalue weighted by Crippen LogP contribution is -2.39. The summed E-state index contributed by atoms with van der Waals surface area (Å²) in [4.78, 5) is 4.48. The molecule has 0 bridgehead atoms. The van der Waals surface area contributed by atoms with Crippen molar-refractivity contribution in [1.29, 1.82) is 0 Å². The molecule has 2 atom stereocenters. The first-order valence-corrected chi connectivity index (χ1v) is 8.52. The molecule has 0 aliphatic heterocycles. The van der Waals surface area contributed by atoms with Gasteiger partial charge in [-0.2, -0.15) is 0 Å². The molecule has 5 heteroatoms. The van der Waals surface area contributed by atoms with Crippen molar-refractivity contribution in [3.63, 3.8) is 0 Å². The van der Waals surface area contributed by atoms with Gasteiger partial charge in [0, 0.05) is 17.1 Å². The summed E-state index contributed by atoms with van der Waals surface area (Å²) in [6, 6.07) is 17.6. The number of aliphatic hydroxyl groups excluding tert-OH is 1. The van der Waals surface area contributed by atoms with E-state index in [4.69, 9.17) is 11.6 Å². The summed E-state index contributed by atoms with van der Waals surface area (Å²) in [6.07, 6.45) is -0.735. The fraction of sp³-hybridized carbons (Fsp3) is 0.316. The first kappa shape index (κ1) is 18.3. The van der Waals surface area contributed by atoms with E-state index in [1.807, 2.05) is 43.3 Å². The second kappa shape index (κ2) is 9.30. The topological polar surface area (TPSA) is 56.7 Å². The lowest BCUT2D eigenvalue weighted by molar-refractivity contribution is 0.187. The lowest BCUT2D eigenvalue weighted by Gasteiger charge is -2.19. The van der Waals surface area contributed by atoms with Gasteiger partial charge in [0.2, 0.25) is 0 Å². The Morgan fingerprint density at radius 2 is 1.79 bits per heavy atom. The number of halogens is 1. The standard InChI is InChI=1S/C19H24ClN3O/c1-3-21-19(23-14(2)15-9-5-4-6-10-15)22-13-18(24)16-11-7-8-12-17(16)20/h4-12,14,18,24H,3,13H2,1-2H3,(H2,21,22,23). The van der Waals surface area contributed by atoms with Crippen molar-refractivity contribution in [3.05, 3.63) is 70.7 Å². The van der Waals surface area contributed by atoms with Crippen molar-refractivity contribution in [2.45, 2.75) is 26.0 Å². The molecule has 0 spiro atoms. The van der Waals surface area contributed by atoms with Crippen molar-refractivity contribution in [3.8, 4) is 0 Å². The predicted molar refractivity (Wildman–Crippen MR) is 100 cm³/mol. The van der Waals surface area contributed by atoms with Gasteiger partial charge >= 0.3 is 0 Å². The van der Waals surface area contributed by atoms with Gasteiger partial charge in [0.25, 0.3) is 0 Å². The molecule has 2 aromatic rings. The van der Waals surface area contributed by atoms with Crippen LogP contribution in [-0.4, -0.2) is 24.2 Å². The second-order valence-corrected chi connectivity index (χ2v) is 5.94. The van der Waals surface area contributed by atoms with Crippen LogP contribution in [0.5, 0.6) is 0 Å². The van der Waals surface area contributed by atoms with Crippen LogP contribution in [-0.2, 0) is 0 Å². The highest BCUT2D eigenvalue weighted by Crippen LogP contribution is 2.22. The van der Waals surface area contributed by atoms with Gasteiger partial charge in [-0.15, -0.1) is 0 Å². The van der Waals surface area contributed by atoms with Crippen molar-refractivity contribution < 1.29 is 5.11 Å². The Morgan fingerprint density at radius 1 is 1.12 bits per heavy atom. The van der Waals surface area contributed by atoms with Crippen LogP contribution >= 0.6 is 11.6 Å². The lowest BCUT2D eigenvalue weighted by atomic mass is 10.1. The van der Waals surface area contributed by atoms with Crippen LogP contribution in [0.25, 0.3) is 0 Å². The van der Waals surface area contributed by atoms with Crippen LogP contribution in [0.3, 0.4) is 0 Å². The fourth-order valence-corrected chi connectivity index (χ4v) is 2.63. The first-order chi connectivity index (χ1) is 11.6. The van der Waals surface area contributed by atoms with Gasteiger partial charge in [-0.3, -0.25) is 4.99 Å². The average molecular weight is 346 g/mol. The molecular formula is C19H24ClN3O. The summed E-state index contributed by atoms with van der Waals surface area (Å²) in [6.45, 7) is 5.07. The van der Waals surface area contributed by atoms with Crippen LogP contribution in [0.1, 0.15) is 37.1 Å². The van der Waals surface area contributed by atoms with Gasteiger partial charge in [-0.05, 0) is 25.5 Å². The Morgan fingerprint density at radius 3 is 2.46 bits per heavy atom. The summed E-state index contributed by atoms with van der Waals surface area (Å²) in [5.41, 5.74) is 1.87. The monoisotopic (exact) mass is 345 g/mol. The molecule has 0 aliphatic rings. The van der Waals surface area contributed by atoms with Gasteiger partial charge < -0.3 is 15.7 Å². The average Bonchev–Trinajstić information content (AvgIpc) is 2.60. The summed E-state index contributed by atoms with van der Waals surface area (Å²) in [7, 11) is 0. The zero-order valence-corrected chi connectivity index (χ0v) is 14.8. The minimum Gasteiger partial charge on any atom is -0.386 e. The molecule has 0 heterocycles. The highest BCUT2D eigenvalue weighted by Gasteiger charge is 2.12. The van der Waals surface area contributed by atoms with E-state index in [2.05, 4.69) is 34.7 Å². The quantitative estimate of drug-likeness (QED) is 0.553. The normalized spacial score (nSPS) is 14.1. The van der Waals surface area contributed by atoms with E-state index in [-0.39, 0.29) is 12.6 Å². The molecule has 0 radical (unpaired) electrons. The maximum absolute atomic E-state index is 10.3. The van der Waals surface area contributed by atoms with E-state index in [1.54, 1.807) is 6.07 Å². The van der Waals surface area contributed by atoms with Crippen LogP contribution in [0.2, 0.25) is 5.02 Å². The Balaban J connectivity index is 2.04. The summed E-state index contributed by atoms with van der Waals surface area (Å²) >= 11 is 6.12. The Kier molecular flexibility index (Phi) is 7.09. The van der Waals surface area contributed by atoms with Gasteiger partial charge in [-0.1, -0.05) is 60.1 Å². The molecular weight excluding hydrogens is 322 g/mol. The maximum Gasteiger partial charge on any atom is 0.191 e. The van der Waals surface area contributed by atoms with Crippen molar-refractivity contribution in [1.82, 2.24) is 10.6 Å². The van der Waals surface area contributed by atoms with Crippen LogP contribution < -0.4 is 10.6 Å². The Labute approximate surface area is 148 Å². The van der Waals surface area contributed by atoms with Crippen molar-refractivity contribution in [2.24, 2.45) is 4.99 Å². The van der Waals surface area contributed by atoms with E-state index in [9.17, 15) is 5.11 Å². The zero-order chi connectivity index (χ0) is 17.4. The Hall–Kier alpha value is -2.04. The van der Waals surface area contributed by atoms with E-state index in [1.165, 1.54) is 5.56 Å². The van der Waals surface area contributed by atoms with Crippen molar-refractivity contribution in [2.75, 3.05) is 13.1 Å². The molecule has 0 saturated carbocycles. The number of hydrogen-bond donors (Lipinski definition) is 3. The molecule has 24 heavy (non-hydrogen) atoms. The largest absolute Gasteiger partial charge is 0.386 e. The summed E-state index contributed by atoms with van der Waals surface area (Å²) < 4.78 is 0. The van der Waals surface area contributed by atoms with Crippen LogP contribution in [0.15, 0.2) is 59.6 Å². The number of hydrogen-bond acceptors (Lipinski definition) is 2. The van der Waals surface area contributed by atoms with Crippen molar-refractivity contribution >= 4 is 17.6 Å². The highest BCUT2D eigenvalue weighted by molar-refractivity contribution is 6.31. The smallest absolute Gasteiger partial charge is 0.191 e. The first-order valence-electron chi connectivity index (χ1n) is 8.14. The van der Waals surface area contributed by atoms with Gasteiger partial charge in [0.1, 0.15) is 6.10 Å². The zero-order valence-electron chi connectivity index (χ0n) is 14.0. The molecule has 0 amide bonds. The number of nitrogens with one attached hydrogen (secondary N) is 2. The third-order valence-corrected chi connectivity index (χ3v) is 4.03. The number of guanidine groups is 1. The SMILES string of the molecule is CCNC(=NCC(O)c1ccccc1Cl)NC(C)c1ccccc1. The minimum atomic E-state index is -0.735. The third kappa shape index (κ3) is 5.25. The van der Waals surface area contributed by atoms with E-state index < -0.39 is 6.10 Å². The Bertz CT molecular complexity index is 661. The minimum absolute atomic E-state index is 0.112. The number of rotatable bonds is 6.